The minimum Gasteiger partial charge on any atom is -0.495 e. The smallest absolute Gasteiger partial charge is 0.341 e. The first kappa shape index (κ1) is 20.8. The van der Waals surface area contributed by atoms with Crippen molar-refractivity contribution < 1.29 is 28.5 Å². The monoisotopic (exact) mass is 423 g/mol. The summed E-state index contributed by atoms with van der Waals surface area (Å²) in [6.07, 6.45) is 0.892. The third-order valence-corrected chi connectivity index (χ3v) is 4.80. The Labute approximate surface area is 168 Å². The molecule has 0 spiro atoms. The molecule has 1 heterocycles. The molecule has 0 radical (unpaired) electrons. The number of pyridine rings is 1. The number of benzene rings is 2. The minimum absolute atomic E-state index is 0.00413. The Bertz CT molecular complexity index is 1180. The Kier molecular flexibility index (Phi) is 5.86. The van der Waals surface area contributed by atoms with Crippen LogP contribution >= 0.6 is 11.6 Å². The second kappa shape index (κ2) is 8.18. The van der Waals surface area contributed by atoms with Crippen LogP contribution in [-0.4, -0.2) is 34.5 Å². The molecule has 1 aromatic heterocycles. The first-order valence-corrected chi connectivity index (χ1v) is 8.86. The molecule has 29 heavy (non-hydrogen) atoms. The van der Waals surface area contributed by atoms with Gasteiger partial charge in [-0.1, -0.05) is 11.6 Å². The number of aliphatic hydroxyl groups is 1. The normalized spacial score (nSPS) is 11.1. The van der Waals surface area contributed by atoms with Crippen molar-refractivity contribution in [3.05, 3.63) is 74.0 Å². The van der Waals surface area contributed by atoms with E-state index in [1.165, 1.54) is 23.8 Å². The number of hydrogen-bond donors (Lipinski definition) is 2. The molecule has 0 aliphatic carbocycles. The van der Waals surface area contributed by atoms with Gasteiger partial charge >= 0.3 is 5.97 Å². The number of aromatic carboxylic acids is 1. The highest BCUT2D eigenvalue weighted by molar-refractivity contribution is 6.30. The standard InChI is InChI=1S/C20H16ClF2NO5/c1-29-16-8-10(6-11-15(22)3-2-14(21)17(11)23)7-12-18(16)24(4-5-25)9-13(19(12)26)20(27)28/h2-3,7-9,25H,4-6H2,1H3,(H,27,28). The largest absolute Gasteiger partial charge is 0.495 e. The molecule has 0 aliphatic rings. The van der Waals surface area contributed by atoms with Crippen molar-refractivity contribution in [2.45, 2.75) is 13.0 Å². The number of fused-ring (bicyclic) bond motifs is 1. The van der Waals surface area contributed by atoms with Crippen molar-refractivity contribution in [2.75, 3.05) is 13.7 Å². The van der Waals surface area contributed by atoms with Crippen LogP contribution in [0.4, 0.5) is 8.78 Å². The number of carbonyl (C=O) groups is 1. The van der Waals surface area contributed by atoms with Gasteiger partial charge < -0.3 is 19.5 Å². The molecule has 2 N–H and O–H groups in total. The number of ether oxygens (including phenoxy) is 1. The van der Waals surface area contributed by atoms with E-state index >= 15 is 0 Å². The van der Waals surface area contributed by atoms with Crippen LogP contribution in [0.1, 0.15) is 21.5 Å². The summed E-state index contributed by atoms with van der Waals surface area (Å²) in [7, 11) is 1.35. The van der Waals surface area contributed by atoms with E-state index in [1.807, 2.05) is 0 Å². The van der Waals surface area contributed by atoms with Gasteiger partial charge in [-0.3, -0.25) is 4.79 Å². The van der Waals surface area contributed by atoms with Crippen molar-refractivity contribution in [3.63, 3.8) is 0 Å². The molecule has 0 bridgehead atoms. The fraction of sp³-hybridized carbons (Fsp3) is 0.200. The molecule has 0 atom stereocenters. The molecule has 0 aliphatic heterocycles. The second-order valence-corrected chi connectivity index (χ2v) is 6.69. The number of halogens is 3. The quantitative estimate of drug-likeness (QED) is 0.594. The predicted octanol–water partition coefficient (Wildman–Crippen LogP) is 3.22. The SMILES string of the molecule is COc1cc(Cc2c(F)ccc(Cl)c2F)cc2c(=O)c(C(=O)O)cn(CCO)c12. The summed E-state index contributed by atoms with van der Waals surface area (Å²) >= 11 is 5.73. The first-order valence-electron chi connectivity index (χ1n) is 8.49. The molecule has 0 saturated heterocycles. The van der Waals surface area contributed by atoms with Crippen molar-refractivity contribution >= 4 is 28.5 Å². The number of hydrogen-bond acceptors (Lipinski definition) is 4. The number of methoxy groups -OCH3 is 1. The summed E-state index contributed by atoms with van der Waals surface area (Å²) in [6.45, 7) is -0.287. The van der Waals surface area contributed by atoms with Crippen LogP contribution in [0.15, 0.2) is 35.3 Å². The van der Waals surface area contributed by atoms with Crippen molar-refractivity contribution in [2.24, 2.45) is 0 Å². The Hall–Kier alpha value is -2.97. The molecule has 152 valence electrons. The highest BCUT2D eigenvalue weighted by atomic mass is 35.5. The van der Waals surface area contributed by atoms with Crippen LogP contribution in [0.25, 0.3) is 10.9 Å². The lowest BCUT2D eigenvalue weighted by atomic mass is 10.00. The van der Waals surface area contributed by atoms with Gasteiger partial charge in [0.2, 0.25) is 5.43 Å². The third kappa shape index (κ3) is 3.81. The van der Waals surface area contributed by atoms with Crippen LogP contribution in [0.3, 0.4) is 0 Å². The van der Waals surface area contributed by atoms with Crippen molar-refractivity contribution in [1.29, 1.82) is 0 Å². The van der Waals surface area contributed by atoms with Crippen LogP contribution < -0.4 is 10.2 Å². The summed E-state index contributed by atoms with van der Waals surface area (Å²) in [4.78, 5) is 24.2. The third-order valence-electron chi connectivity index (χ3n) is 4.51. The Morgan fingerprint density at radius 1 is 1.28 bits per heavy atom. The fourth-order valence-corrected chi connectivity index (χ4v) is 3.36. The zero-order valence-electron chi connectivity index (χ0n) is 15.2. The number of nitrogens with zero attached hydrogens (tertiary/aromatic N) is 1. The zero-order chi connectivity index (χ0) is 21.3. The fourth-order valence-electron chi connectivity index (χ4n) is 3.19. The van der Waals surface area contributed by atoms with Gasteiger partial charge in [-0.05, 0) is 29.8 Å². The minimum atomic E-state index is -1.43. The molecule has 0 amide bonds. The van der Waals surface area contributed by atoms with Gasteiger partial charge in [0.05, 0.1) is 29.6 Å². The van der Waals surface area contributed by atoms with E-state index in [9.17, 15) is 28.6 Å². The second-order valence-electron chi connectivity index (χ2n) is 6.29. The lowest BCUT2D eigenvalue weighted by Crippen LogP contribution is -2.20. The van der Waals surface area contributed by atoms with Gasteiger partial charge in [0.25, 0.3) is 0 Å². The van der Waals surface area contributed by atoms with Gasteiger partial charge in [-0.15, -0.1) is 0 Å². The van der Waals surface area contributed by atoms with E-state index in [4.69, 9.17) is 16.3 Å². The molecule has 6 nitrogen and oxygen atoms in total. The van der Waals surface area contributed by atoms with Crippen molar-refractivity contribution in [1.82, 2.24) is 4.57 Å². The van der Waals surface area contributed by atoms with Gasteiger partial charge in [0, 0.05) is 24.7 Å². The van der Waals surface area contributed by atoms with E-state index < -0.39 is 28.6 Å². The van der Waals surface area contributed by atoms with Crippen LogP contribution in [0.2, 0.25) is 5.02 Å². The highest BCUT2D eigenvalue weighted by Gasteiger charge is 2.20. The molecule has 0 fully saturated rings. The molecule has 2 aromatic carbocycles. The highest BCUT2D eigenvalue weighted by Crippen LogP contribution is 2.30. The maximum absolute atomic E-state index is 14.3. The molecule has 3 rings (SSSR count). The number of rotatable bonds is 6. The van der Waals surface area contributed by atoms with Crippen LogP contribution in [0.5, 0.6) is 5.75 Å². The lowest BCUT2D eigenvalue weighted by molar-refractivity contribution is 0.0694. The number of carboxylic acids is 1. The van der Waals surface area contributed by atoms with Gasteiger partial charge in [-0.2, -0.15) is 0 Å². The van der Waals surface area contributed by atoms with E-state index in [2.05, 4.69) is 0 Å². The van der Waals surface area contributed by atoms with Gasteiger partial charge in [0.15, 0.2) is 0 Å². The summed E-state index contributed by atoms with van der Waals surface area (Å²) in [5.74, 6) is -2.95. The van der Waals surface area contributed by atoms with Gasteiger partial charge in [0.1, 0.15) is 22.9 Å². The molecule has 3 aromatic rings. The molecule has 9 heteroatoms. The van der Waals surface area contributed by atoms with E-state index in [-0.39, 0.29) is 46.8 Å². The average Bonchev–Trinajstić information content (AvgIpc) is 2.69. The maximum atomic E-state index is 14.3. The number of carboxylic acid groups (broad SMARTS) is 1. The number of aliphatic hydroxyl groups excluding tert-OH is 1. The van der Waals surface area contributed by atoms with E-state index in [0.29, 0.717) is 5.56 Å². The Morgan fingerprint density at radius 3 is 2.62 bits per heavy atom. The summed E-state index contributed by atoms with van der Waals surface area (Å²) < 4.78 is 35.1. The first-order chi connectivity index (χ1) is 13.8. The van der Waals surface area contributed by atoms with Crippen LogP contribution in [-0.2, 0) is 13.0 Å². The molecular formula is C20H16ClF2NO5. The maximum Gasteiger partial charge on any atom is 0.341 e. The van der Waals surface area contributed by atoms with E-state index in [0.717, 1.165) is 18.3 Å². The summed E-state index contributed by atoms with van der Waals surface area (Å²) in [5, 5.41) is 18.4. The number of aromatic nitrogens is 1. The molecule has 0 unspecified atom stereocenters. The predicted molar refractivity (Wildman–Crippen MR) is 103 cm³/mol. The zero-order valence-corrected chi connectivity index (χ0v) is 16.0. The van der Waals surface area contributed by atoms with Crippen molar-refractivity contribution in [3.8, 4) is 5.75 Å². The lowest BCUT2D eigenvalue weighted by Gasteiger charge is -2.16. The topological polar surface area (TPSA) is 88.8 Å². The average molecular weight is 424 g/mol. The summed E-state index contributed by atoms with van der Waals surface area (Å²) in [6, 6.07) is 5.00. The van der Waals surface area contributed by atoms with Gasteiger partial charge in [-0.25, -0.2) is 13.6 Å². The Balaban J connectivity index is 2.29. The Morgan fingerprint density at radius 2 is 2.00 bits per heavy atom. The van der Waals surface area contributed by atoms with Crippen LogP contribution in [0, 0.1) is 11.6 Å². The van der Waals surface area contributed by atoms with E-state index in [1.54, 1.807) is 0 Å². The summed E-state index contributed by atoms with van der Waals surface area (Å²) in [5.41, 5.74) is -0.958. The molecular weight excluding hydrogens is 408 g/mol. The molecule has 0 saturated carbocycles.